The van der Waals surface area contributed by atoms with Crippen LogP contribution in [0.25, 0.3) is 11.0 Å². The van der Waals surface area contributed by atoms with Gasteiger partial charge in [-0.1, -0.05) is 26.2 Å². The number of hydrogen-bond donors (Lipinski definition) is 3. The van der Waals surface area contributed by atoms with Crippen LogP contribution in [-0.2, 0) is 20.8 Å². The van der Waals surface area contributed by atoms with Crippen LogP contribution in [0.5, 0.6) is 5.75 Å². The van der Waals surface area contributed by atoms with Crippen molar-refractivity contribution < 1.29 is 28.6 Å². The van der Waals surface area contributed by atoms with E-state index < -0.39 is 23.0 Å². The van der Waals surface area contributed by atoms with E-state index in [0.717, 1.165) is 55.9 Å². The molecule has 0 unspecified atom stereocenters. The van der Waals surface area contributed by atoms with E-state index >= 15 is 0 Å². The molecule has 0 spiro atoms. The summed E-state index contributed by atoms with van der Waals surface area (Å²) in [6.45, 7) is 4.08. The topological polar surface area (TPSA) is 138 Å². The van der Waals surface area contributed by atoms with E-state index in [1.165, 1.54) is 6.07 Å². The Balaban J connectivity index is 1.22. The van der Waals surface area contributed by atoms with E-state index in [4.69, 9.17) is 9.15 Å². The number of benzene rings is 1. The highest BCUT2D eigenvalue weighted by molar-refractivity contribution is 5.89. The molecule has 2 aliphatic rings. The maximum Gasteiger partial charge on any atom is 0.336 e. The number of carbonyl (C=O) groups excluding carboxylic acids is 3. The number of ether oxygens (including phenoxy) is 1. The quantitative estimate of drug-likeness (QED) is 0.392. The SMILES string of the molecule is CCCCc1cc(=O)oc2c(C)c(OCC(=O)NCC(=O)NCC(=O)N3CC[C@]4(O)CCCC[C@@H]4C3)ccc12. The van der Waals surface area contributed by atoms with Crippen molar-refractivity contribution in [3.05, 3.63) is 39.7 Å². The molecule has 3 N–H and O–H groups in total. The van der Waals surface area contributed by atoms with E-state index in [-0.39, 0.29) is 31.5 Å². The summed E-state index contributed by atoms with van der Waals surface area (Å²) in [5.41, 5.74) is 0.901. The first-order valence-corrected chi connectivity index (χ1v) is 13.9. The van der Waals surface area contributed by atoms with Crippen LogP contribution in [0.4, 0.5) is 0 Å². The van der Waals surface area contributed by atoms with Gasteiger partial charge in [0.2, 0.25) is 11.8 Å². The molecule has 4 rings (SSSR count). The summed E-state index contributed by atoms with van der Waals surface area (Å²) in [5.74, 6) is -0.672. The van der Waals surface area contributed by atoms with Crippen LogP contribution in [0, 0.1) is 12.8 Å². The van der Waals surface area contributed by atoms with Crippen molar-refractivity contribution in [1.82, 2.24) is 15.5 Å². The molecule has 2 fully saturated rings. The first-order chi connectivity index (χ1) is 18.7. The molecule has 1 saturated carbocycles. The molecule has 3 amide bonds. The van der Waals surface area contributed by atoms with Gasteiger partial charge in [-0.2, -0.15) is 0 Å². The van der Waals surface area contributed by atoms with Crippen LogP contribution < -0.4 is 21.0 Å². The second kappa shape index (κ2) is 12.6. The van der Waals surface area contributed by atoms with Gasteiger partial charge in [-0.05, 0) is 56.7 Å². The second-order valence-corrected chi connectivity index (χ2v) is 10.7. The Bertz CT molecular complexity index is 1270. The molecule has 1 aliphatic carbocycles. The van der Waals surface area contributed by atoms with Gasteiger partial charge in [-0.3, -0.25) is 14.4 Å². The minimum absolute atomic E-state index is 0.0873. The number of unbranched alkanes of at least 4 members (excludes halogenated alkanes) is 1. The lowest BCUT2D eigenvalue weighted by molar-refractivity contribution is -0.143. The predicted molar refractivity (Wildman–Crippen MR) is 145 cm³/mol. The third kappa shape index (κ3) is 6.98. The third-order valence-corrected chi connectivity index (χ3v) is 8.02. The molecule has 10 heteroatoms. The van der Waals surface area contributed by atoms with Crippen molar-refractivity contribution in [2.75, 3.05) is 32.8 Å². The van der Waals surface area contributed by atoms with Gasteiger partial charge in [0.1, 0.15) is 11.3 Å². The zero-order valence-electron chi connectivity index (χ0n) is 22.8. The van der Waals surface area contributed by atoms with Crippen LogP contribution >= 0.6 is 0 Å². The Morgan fingerprint density at radius 2 is 1.95 bits per heavy atom. The van der Waals surface area contributed by atoms with Crippen LogP contribution in [-0.4, -0.2) is 66.1 Å². The van der Waals surface area contributed by atoms with Crippen LogP contribution in [0.15, 0.2) is 27.4 Å². The lowest BCUT2D eigenvalue weighted by atomic mass is 9.71. The van der Waals surface area contributed by atoms with Gasteiger partial charge in [-0.25, -0.2) is 4.79 Å². The molecule has 2 heterocycles. The summed E-state index contributed by atoms with van der Waals surface area (Å²) in [7, 11) is 0. The maximum absolute atomic E-state index is 12.6. The van der Waals surface area contributed by atoms with Gasteiger partial charge in [0.05, 0.1) is 18.7 Å². The molecule has 212 valence electrons. The molecule has 1 aromatic carbocycles. The number of amides is 3. The van der Waals surface area contributed by atoms with Crippen molar-refractivity contribution in [3.63, 3.8) is 0 Å². The van der Waals surface area contributed by atoms with Gasteiger partial charge >= 0.3 is 5.63 Å². The van der Waals surface area contributed by atoms with Crippen molar-refractivity contribution in [1.29, 1.82) is 0 Å². The molecule has 39 heavy (non-hydrogen) atoms. The van der Waals surface area contributed by atoms with Crippen molar-refractivity contribution in [2.45, 2.75) is 70.8 Å². The van der Waals surface area contributed by atoms with E-state index in [0.29, 0.717) is 36.4 Å². The van der Waals surface area contributed by atoms with Gasteiger partial charge < -0.3 is 29.8 Å². The smallest absolute Gasteiger partial charge is 0.336 e. The fraction of sp³-hybridized carbons (Fsp3) is 0.586. The Kier molecular flexibility index (Phi) is 9.27. The largest absolute Gasteiger partial charge is 0.483 e. The van der Waals surface area contributed by atoms with Crippen molar-refractivity contribution in [2.24, 2.45) is 5.92 Å². The minimum atomic E-state index is -0.665. The second-order valence-electron chi connectivity index (χ2n) is 10.7. The molecule has 0 bridgehead atoms. The van der Waals surface area contributed by atoms with Gasteiger partial charge in [0.15, 0.2) is 6.61 Å². The van der Waals surface area contributed by atoms with E-state index in [9.17, 15) is 24.3 Å². The van der Waals surface area contributed by atoms with E-state index in [1.807, 2.05) is 6.07 Å². The molecule has 2 aromatic rings. The van der Waals surface area contributed by atoms with Gasteiger partial charge in [0, 0.05) is 36.0 Å². The standard InChI is InChI=1S/C29H39N3O7/c1-3-4-7-20-14-27(36)39-28-19(2)23(10-9-22(20)28)38-18-25(34)30-15-24(33)31-16-26(35)32-13-12-29(37)11-6-5-8-21(29)17-32/h9-10,14,21,37H,3-8,11-13,15-18H2,1-2H3,(H,30,34)(H,31,33)/t21-,29-/m1/s1. The molecule has 10 nitrogen and oxygen atoms in total. The first-order valence-electron chi connectivity index (χ1n) is 13.9. The number of aliphatic hydroxyl groups is 1. The molecule has 2 atom stereocenters. The van der Waals surface area contributed by atoms with Gasteiger partial charge in [0.25, 0.3) is 5.91 Å². The Morgan fingerprint density at radius 3 is 2.74 bits per heavy atom. The fourth-order valence-electron chi connectivity index (χ4n) is 5.66. The summed E-state index contributed by atoms with van der Waals surface area (Å²) in [5, 5.41) is 16.7. The number of carbonyl (C=O) groups is 3. The number of hydrogen-bond acceptors (Lipinski definition) is 7. The monoisotopic (exact) mass is 541 g/mol. The van der Waals surface area contributed by atoms with Crippen LogP contribution in [0.3, 0.4) is 0 Å². The van der Waals surface area contributed by atoms with Crippen LogP contribution in [0.1, 0.15) is 63.0 Å². The number of rotatable bonds is 10. The number of nitrogens with one attached hydrogen (secondary N) is 2. The first kappa shape index (κ1) is 28.6. The average Bonchev–Trinajstić information content (AvgIpc) is 2.92. The summed E-state index contributed by atoms with van der Waals surface area (Å²) in [6, 6.07) is 5.09. The Hall–Kier alpha value is -3.40. The Morgan fingerprint density at radius 1 is 1.15 bits per heavy atom. The number of nitrogens with zero attached hydrogens (tertiary/aromatic N) is 1. The molecule has 1 aliphatic heterocycles. The number of piperidine rings is 1. The molecule has 0 radical (unpaired) electrons. The lowest BCUT2D eigenvalue weighted by Gasteiger charge is -2.47. The van der Waals surface area contributed by atoms with E-state index in [1.54, 1.807) is 17.9 Å². The van der Waals surface area contributed by atoms with Crippen LogP contribution in [0.2, 0.25) is 0 Å². The predicted octanol–water partition coefficient (Wildman–Crippen LogP) is 2.21. The number of likely N-dealkylation sites (tertiary alicyclic amines) is 1. The Labute approximate surface area is 228 Å². The third-order valence-electron chi connectivity index (χ3n) is 8.02. The maximum atomic E-state index is 12.6. The average molecular weight is 542 g/mol. The van der Waals surface area contributed by atoms with Gasteiger partial charge in [-0.15, -0.1) is 0 Å². The highest BCUT2D eigenvalue weighted by atomic mass is 16.5. The lowest BCUT2D eigenvalue weighted by Crippen LogP contribution is -2.56. The summed E-state index contributed by atoms with van der Waals surface area (Å²) in [6.07, 6.45) is 7.09. The highest BCUT2D eigenvalue weighted by Gasteiger charge is 2.43. The highest BCUT2D eigenvalue weighted by Crippen LogP contribution is 2.39. The number of aryl methyl sites for hydroxylation is 2. The summed E-state index contributed by atoms with van der Waals surface area (Å²) >= 11 is 0. The molecular weight excluding hydrogens is 502 g/mol. The van der Waals surface area contributed by atoms with E-state index in [2.05, 4.69) is 17.6 Å². The molecular formula is C29H39N3O7. The number of fused-ring (bicyclic) bond motifs is 2. The fourth-order valence-corrected chi connectivity index (χ4v) is 5.66. The minimum Gasteiger partial charge on any atom is -0.483 e. The van der Waals surface area contributed by atoms with Crippen molar-refractivity contribution in [3.8, 4) is 5.75 Å². The molecule has 1 saturated heterocycles. The van der Waals surface area contributed by atoms with Crippen molar-refractivity contribution >= 4 is 28.7 Å². The summed E-state index contributed by atoms with van der Waals surface area (Å²) < 4.78 is 11.1. The molecule has 1 aromatic heterocycles. The normalized spacial score (nSPS) is 20.8. The summed E-state index contributed by atoms with van der Waals surface area (Å²) in [4.78, 5) is 50.8. The zero-order valence-corrected chi connectivity index (χ0v) is 22.8. The zero-order chi connectivity index (χ0) is 28.0.